The lowest BCUT2D eigenvalue weighted by atomic mass is 9.96. The van der Waals surface area contributed by atoms with Crippen molar-refractivity contribution in [1.82, 2.24) is 20.5 Å². The molecule has 2 bridgehead atoms. The summed E-state index contributed by atoms with van der Waals surface area (Å²) in [5.74, 6) is 0.192. The van der Waals surface area contributed by atoms with Gasteiger partial charge in [0, 0.05) is 60.2 Å². The van der Waals surface area contributed by atoms with Crippen molar-refractivity contribution >= 4 is 29.2 Å². The van der Waals surface area contributed by atoms with Crippen molar-refractivity contribution in [2.45, 2.75) is 122 Å². The van der Waals surface area contributed by atoms with Gasteiger partial charge in [0.2, 0.25) is 5.91 Å². The van der Waals surface area contributed by atoms with Gasteiger partial charge >= 0.3 is 0 Å². The van der Waals surface area contributed by atoms with E-state index in [1.54, 1.807) is 18.3 Å². The van der Waals surface area contributed by atoms with Gasteiger partial charge in [-0.3, -0.25) is 19.3 Å². The number of aromatic nitrogens is 1. The average Bonchev–Trinajstić information content (AvgIpc) is 3.29. The number of nitrogens with two attached hydrogens (primary N) is 1. The van der Waals surface area contributed by atoms with Crippen LogP contribution in [0.15, 0.2) is 30.5 Å². The molecule has 1 aromatic carbocycles. The number of fused-ring (bicyclic) bond motifs is 2. The molecule has 5 rings (SSSR count). The van der Waals surface area contributed by atoms with E-state index in [4.69, 9.17) is 10.7 Å². The molecule has 5 N–H and O–H groups in total. The number of anilines is 2. The van der Waals surface area contributed by atoms with Gasteiger partial charge in [-0.1, -0.05) is 13.8 Å². The van der Waals surface area contributed by atoms with Gasteiger partial charge in [-0.2, -0.15) is 0 Å². The Bertz CT molecular complexity index is 1360. The van der Waals surface area contributed by atoms with E-state index in [9.17, 15) is 14.4 Å². The van der Waals surface area contributed by atoms with Crippen molar-refractivity contribution in [3.63, 3.8) is 0 Å². The molecule has 1 aromatic heterocycles. The van der Waals surface area contributed by atoms with Crippen LogP contribution < -0.4 is 26.6 Å². The number of carbonyl (C=O) groups excluding carboxylic acids is 3. The van der Waals surface area contributed by atoms with Crippen LogP contribution in [0.1, 0.15) is 116 Å². The van der Waals surface area contributed by atoms with Crippen LogP contribution in [0, 0.1) is 6.92 Å². The smallest absolute Gasteiger partial charge is 0.253 e. The van der Waals surface area contributed by atoms with E-state index in [0.717, 1.165) is 70.3 Å². The first kappa shape index (κ1) is 32.7. The lowest BCUT2D eigenvalue weighted by Gasteiger charge is -2.40. The monoisotopic (exact) mass is 617 g/mol. The van der Waals surface area contributed by atoms with E-state index < -0.39 is 5.91 Å². The summed E-state index contributed by atoms with van der Waals surface area (Å²) in [5.41, 5.74) is 8.52. The molecule has 2 unspecified atom stereocenters. The number of hydrogen-bond donors (Lipinski definition) is 4. The van der Waals surface area contributed by atoms with Gasteiger partial charge in [0.15, 0.2) is 0 Å². The molecule has 0 saturated carbocycles. The van der Waals surface area contributed by atoms with Gasteiger partial charge < -0.3 is 26.6 Å². The minimum absolute atomic E-state index is 0.0364. The Hall–Kier alpha value is -3.66. The minimum Gasteiger partial charge on any atom is -0.382 e. The van der Waals surface area contributed by atoms with Gasteiger partial charge in [0.05, 0.1) is 11.1 Å². The summed E-state index contributed by atoms with van der Waals surface area (Å²) in [7, 11) is 0. The number of primary amides is 1. The second kappa shape index (κ2) is 14.2. The molecule has 2 aromatic rings. The van der Waals surface area contributed by atoms with Crippen molar-refractivity contribution in [3.05, 3.63) is 52.7 Å². The Balaban J connectivity index is 1.22. The molecule has 3 aliphatic heterocycles. The summed E-state index contributed by atoms with van der Waals surface area (Å²) < 4.78 is 0. The zero-order chi connectivity index (χ0) is 32.2. The number of benzene rings is 1. The first-order valence-electron chi connectivity index (χ1n) is 16.9. The highest BCUT2D eigenvalue weighted by Gasteiger charge is 2.42. The van der Waals surface area contributed by atoms with Crippen LogP contribution in [0.5, 0.6) is 0 Å². The molecule has 3 atom stereocenters. The van der Waals surface area contributed by atoms with Crippen molar-refractivity contribution in [2.24, 2.45) is 5.73 Å². The third-order valence-electron chi connectivity index (χ3n) is 10.1. The Morgan fingerprint density at radius 3 is 2.24 bits per heavy atom. The molecule has 3 fully saturated rings. The molecule has 4 heterocycles. The summed E-state index contributed by atoms with van der Waals surface area (Å²) in [5, 5.41) is 10.00. The van der Waals surface area contributed by atoms with Gasteiger partial charge in [0.25, 0.3) is 11.8 Å². The Morgan fingerprint density at radius 1 is 0.956 bits per heavy atom. The molecule has 3 aliphatic rings. The van der Waals surface area contributed by atoms with Crippen molar-refractivity contribution in [2.75, 3.05) is 23.3 Å². The van der Waals surface area contributed by atoms with Crippen molar-refractivity contribution in [3.8, 4) is 0 Å². The van der Waals surface area contributed by atoms with E-state index in [0.29, 0.717) is 34.0 Å². The summed E-state index contributed by atoms with van der Waals surface area (Å²) in [6.45, 7) is 12.4. The number of nitrogens with one attached hydrogen (secondary N) is 3. The molecule has 0 aliphatic carbocycles. The average molecular weight is 618 g/mol. The Morgan fingerprint density at radius 2 is 1.64 bits per heavy atom. The fourth-order valence-electron chi connectivity index (χ4n) is 7.46. The molecular weight excluding hydrogens is 566 g/mol. The minimum atomic E-state index is -0.500. The van der Waals surface area contributed by atoms with Gasteiger partial charge in [-0.25, -0.2) is 4.98 Å². The van der Waals surface area contributed by atoms with Crippen LogP contribution in [0.2, 0.25) is 0 Å². The number of nitrogens with zero attached hydrogens (tertiary/aromatic N) is 3. The normalized spacial score (nSPS) is 23.3. The van der Waals surface area contributed by atoms with E-state index >= 15 is 0 Å². The molecule has 0 spiro atoms. The second-order valence-corrected chi connectivity index (χ2v) is 13.5. The maximum Gasteiger partial charge on any atom is 0.253 e. The zero-order valence-electron chi connectivity index (χ0n) is 27.6. The summed E-state index contributed by atoms with van der Waals surface area (Å²) in [6, 6.07) is 8.77. The van der Waals surface area contributed by atoms with Crippen LogP contribution in [-0.2, 0) is 0 Å². The van der Waals surface area contributed by atoms with Crippen molar-refractivity contribution < 1.29 is 14.4 Å². The van der Waals surface area contributed by atoms with E-state index in [2.05, 4.69) is 53.4 Å². The Kier molecular flexibility index (Phi) is 10.3. The van der Waals surface area contributed by atoms with Crippen LogP contribution in [0.4, 0.5) is 11.5 Å². The molecule has 45 heavy (non-hydrogen) atoms. The third kappa shape index (κ3) is 7.43. The molecule has 3 amide bonds. The van der Waals surface area contributed by atoms with E-state index in [1.807, 2.05) is 19.1 Å². The van der Waals surface area contributed by atoms with Crippen LogP contribution in [0.3, 0.4) is 0 Å². The predicted octanol–water partition coefficient (Wildman–Crippen LogP) is 4.62. The molecular formula is C35H51N7O3. The Labute approximate surface area is 267 Å². The maximum absolute atomic E-state index is 13.7. The maximum atomic E-state index is 13.7. The largest absolute Gasteiger partial charge is 0.382 e. The van der Waals surface area contributed by atoms with Gasteiger partial charge in [-0.05, 0) is 109 Å². The first-order valence-corrected chi connectivity index (χ1v) is 16.9. The number of likely N-dealkylation sites (tertiary alicyclic amines) is 1. The topological polar surface area (TPSA) is 133 Å². The fourth-order valence-corrected chi connectivity index (χ4v) is 7.46. The highest BCUT2D eigenvalue weighted by Crippen LogP contribution is 2.39. The summed E-state index contributed by atoms with van der Waals surface area (Å²) in [4.78, 5) is 48.3. The number of hydrogen-bond acceptors (Lipinski definition) is 7. The molecule has 244 valence electrons. The number of piperidine rings is 2. The number of carbonyl (C=O) groups is 3. The number of rotatable bonds is 11. The van der Waals surface area contributed by atoms with Gasteiger partial charge in [0.1, 0.15) is 5.82 Å². The molecule has 0 radical (unpaired) electrons. The number of amides is 3. The second-order valence-electron chi connectivity index (χ2n) is 13.5. The molecule has 3 saturated heterocycles. The van der Waals surface area contributed by atoms with Crippen LogP contribution >= 0.6 is 0 Å². The standard InChI is InChI=1S/C35H51N7O3/c1-6-24(7-2)38-31-18-29(33(36)43)22(5)15-30(31)35(45)40-26-16-27-11-12-28(17-26)42(27)32-13-10-23(19-37-32)34(44)39-25-9-8-14-41(20-25)21(3)4/h10,13,15,18-19,21,24-28,38H,6-9,11-12,14,16-17,20H2,1-5H3,(H2,36,43)(H,39,44)(H,40,45)/t25-,26?,27?,28?/m1/s1. The predicted molar refractivity (Wildman–Crippen MR) is 179 cm³/mol. The van der Waals surface area contributed by atoms with E-state index in [1.165, 1.54) is 0 Å². The lowest BCUT2D eigenvalue weighted by molar-refractivity contribution is 0.0884. The lowest BCUT2D eigenvalue weighted by Crippen LogP contribution is -2.51. The number of aryl methyl sites for hydroxylation is 1. The molecule has 10 heteroatoms. The molecule has 10 nitrogen and oxygen atoms in total. The summed E-state index contributed by atoms with van der Waals surface area (Å²) >= 11 is 0. The van der Waals surface area contributed by atoms with Crippen LogP contribution in [-0.4, -0.2) is 76.9 Å². The number of pyridine rings is 1. The zero-order valence-corrected chi connectivity index (χ0v) is 27.6. The van der Waals surface area contributed by atoms with E-state index in [-0.39, 0.29) is 42.0 Å². The van der Waals surface area contributed by atoms with Crippen LogP contribution in [0.25, 0.3) is 0 Å². The van der Waals surface area contributed by atoms with Crippen molar-refractivity contribution in [1.29, 1.82) is 0 Å². The highest BCUT2D eigenvalue weighted by atomic mass is 16.2. The summed E-state index contributed by atoms with van der Waals surface area (Å²) in [6.07, 6.45) is 9.34. The first-order chi connectivity index (χ1) is 21.6. The SMILES string of the molecule is CCC(CC)Nc1cc(C(N)=O)c(C)cc1C(=O)NC1CC2CCC(C1)N2c1ccc(C(=O)N[C@@H]2CCCN(C(C)C)C2)cn1. The quantitative estimate of drug-likeness (QED) is 0.289. The third-order valence-corrected chi connectivity index (χ3v) is 10.1. The van der Waals surface area contributed by atoms with Gasteiger partial charge in [-0.15, -0.1) is 0 Å². The highest BCUT2D eigenvalue weighted by molar-refractivity contribution is 6.03. The fraction of sp³-hybridized carbons (Fsp3) is 0.600.